The normalized spacial score (nSPS) is 15.0. The van der Waals surface area contributed by atoms with Gasteiger partial charge in [-0.2, -0.15) is 0 Å². The van der Waals surface area contributed by atoms with Crippen LogP contribution in [-0.4, -0.2) is 38.1 Å². The molecule has 0 saturated carbocycles. The third kappa shape index (κ3) is 4.70. The van der Waals surface area contributed by atoms with Crippen molar-refractivity contribution in [3.8, 4) is 5.75 Å². The van der Waals surface area contributed by atoms with Crippen LogP contribution < -0.4 is 14.4 Å². The molecule has 0 amide bonds. The zero-order chi connectivity index (χ0) is 18.4. The second-order valence-corrected chi connectivity index (χ2v) is 7.89. The van der Waals surface area contributed by atoms with Gasteiger partial charge in [-0.3, -0.25) is 0 Å². The van der Waals surface area contributed by atoms with Crippen molar-refractivity contribution >= 4 is 16.0 Å². The summed E-state index contributed by atoms with van der Waals surface area (Å²) in [6, 6.07) is 8.10. The molecule has 7 nitrogen and oxygen atoms in total. The van der Waals surface area contributed by atoms with E-state index >= 15 is 0 Å². The molecule has 1 aliphatic rings. The molecule has 1 aromatic carbocycles. The molecule has 0 bridgehead atoms. The van der Waals surface area contributed by atoms with Gasteiger partial charge in [-0.25, -0.2) is 23.1 Å². The molecule has 1 fully saturated rings. The summed E-state index contributed by atoms with van der Waals surface area (Å²) < 4.78 is 32.8. The number of nitrogens with zero attached hydrogens (tertiary/aromatic N) is 3. The van der Waals surface area contributed by atoms with Gasteiger partial charge in [-0.05, 0) is 56.5 Å². The average Bonchev–Trinajstić information content (AvgIpc) is 2.68. The molecule has 1 N–H and O–H groups in total. The van der Waals surface area contributed by atoms with E-state index in [-0.39, 0.29) is 11.4 Å². The summed E-state index contributed by atoms with van der Waals surface area (Å²) in [7, 11) is -3.61. The zero-order valence-electron chi connectivity index (χ0n) is 14.9. The molecule has 1 aliphatic heterocycles. The Morgan fingerprint density at radius 3 is 2.54 bits per heavy atom. The maximum absolute atomic E-state index is 12.5. The lowest BCUT2D eigenvalue weighted by Gasteiger charge is -2.26. The second-order valence-electron chi connectivity index (χ2n) is 6.12. The lowest BCUT2D eigenvalue weighted by Crippen LogP contribution is -2.31. The third-order valence-electron chi connectivity index (χ3n) is 4.23. The number of hydrogen-bond acceptors (Lipinski definition) is 6. The van der Waals surface area contributed by atoms with Crippen LogP contribution in [0.3, 0.4) is 0 Å². The Balaban J connectivity index is 1.65. The third-order valence-corrected chi connectivity index (χ3v) is 5.64. The van der Waals surface area contributed by atoms with Gasteiger partial charge in [0.05, 0.1) is 23.7 Å². The van der Waals surface area contributed by atoms with Gasteiger partial charge in [0.15, 0.2) is 0 Å². The van der Waals surface area contributed by atoms with Gasteiger partial charge in [-0.1, -0.05) is 0 Å². The van der Waals surface area contributed by atoms with Gasteiger partial charge < -0.3 is 9.64 Å². The Bertz CT molecular complexity index is 819. The minimum atomic E-state index is -3.61. The van der Waals surface area contributed by atoms with E-state index in [9.17, 15) is 8.42 Å². The fraction of sp³-hybridized carbons (Fsp3) is 0.444. The molecule has 140 valence electrons. The molecule has 2 aromatic rings. The largest absolute Gasteiger partial charge is 0.494 e. The van der Waals surface area contributed by atoms with Crippen molar-refractivity contribution in [2.75, 3.05) is 24.6 Å². The van der Waals surface area contributed by atoms with Crippen LogP contribution in [0.25, 0.3) is 0 Å². The summed E-state index contributed by atoms with van der Waals surface area (Å²) in [4.78, 5) is 11.2. The number of nitrogens with one attached hydrogen (secondary N) is 1. The van der Waals surface area contributed by atoms with Crippen LogP contribution in [0.15, 0.2) is 41.4 Å². The number of piperidine rings is 1. The van der Waals surface area contributed by atoms with Crippen LogP contribution >= 0.6 is 0 Å². The minimum Gasteiger partial charge on any atom is -0.494 e. The predicted octanol–water partition coefficient (Wildman–Crippen LogP) is 2.34. The minimum absolute atomic E-state index is 0.124. The van der Waals surface area contributed by atoms with Crippen molar-refractivity contribution in [1.82, 2.24) is 14.7 Å². The zero-order valence-corrected chi connectivity index (χ0v) is 15.7. The van der Waals surface area contributed by atoms with Gasteiger partial charge in [0.1, 0.15) is 5.75 Å². The van der Waals surface area contributed by atoms with E-state index in [0.29, 0.717) is 24.0 Å². The van der Waals surface area contributed by atoms with Crippen LogP contribution in [0.1, 0.15) is 31.9 Å². The highest BCUT2D eigenvalue weighted by molar-refractivity contribution is 7.89. The van der Waals surface area contributed by atoms with Crippen molar-refractivity contribution in [1.29, 1.82) is 0 Å². The fourth-order valence-electron chi connectivity index (χ4n) is 2.86. The number of anilines is 1. The van der Waals surface area contributed by atoms with Gasteiger partial charge in [0.2, 0.25) is 16.0 Å². The van der Waals surface area contributed by atoms with Gasteiger partial charge in [0, 0.05) is 19.3 Å². The van der Waals surface area contributed by atoms with Gasteiger partial charge in [-0.15, -0.1) is 0 Å². The maximum Gasteiger partial charge on any atom is 0.240 e. The van der Waals surface area contributed by atoms with E-state index in [2.05, 4.69) is 19.6 Å². The van der Waals surface area contributed by atoms with Crippen molar-refractivity contribution in [2.24, 2.45) is 0 Å². The molecule has 0 unspecified atom stereocenters. The second kappa shape index (κ2) is 8.46. The standard InChI is InChI=1S/C18H24N4O3S/c1-2-25-16-6-8-17(9-7-16)26(23,24)20-14-15-10-11-19-18(21-15)22-12-4-3-5-13-22/h6-11,20H,2-5,12-14H2,1H3. The van der Waals surface area contributed by atoms with Crippen LogP contribution in [0.5, 0.6) is 5.75 Å². The highest BCUT2D eigenvalue weighted by Crippen LogP contribution is 2.17. The molecular formula is C18H24N4O3S. The number of benzene rings is 1. The molecule has 0 aliphatic carbocycles. The predicted molar refractivity (Wildman–Crippen MR) is 99.7 cm³/mol. The summed E-state index contributed by atoms with van der Waals surface area (Å²) in [5.74, 6) is 1.32. The first-order chi connectivity index (χ1) is 12.6. The molecule has 0 atom stereocenters. The first-order valence-electron chi connectivity index (χ1n) is 8.88. The first kappa shape index (κ1) is 18.6. The lowest BCUT2D eigenvalue weighted by atomic mass is 10.1. The number of hydrogen-bond donors (Lipinski definition) is 1. The van der Waals surface area contributed by atoms with Gasteiger partial charge in [0.25, 0.3) is 0 Å². The first-order valence-corrected chi connectivity index (χ1v) is 10.4. The smallest absolute Gasteiger partial charge is 0.240 e. The number of sulfonamides is 1. The van der Waals surface area contributed by atoms with Crippen LogP contribution in [0, 0.1) is 0 Å². The molecule has 26 heavy (non-hydrogen) atoms. The summed E-state index contributed by atoms with van der Waals surface area (Å²) in [5.41, 5.74) is 0.648. The van der Waals surface area contributed by atoms with Crippen molar-refractivity contribution in [3.63, 3.8) is 0 Å². The molecule has 1 saturated heterocycles. The highest BCUT2D eigenvalue weighted by Gasteiger charge is 2.16. The number of aromatic nitrogens is 2. The van der Waals surface area contributed by atoms with Crippen molar-refractivity contribution in [2.45, 2.75) is 37.6 Å². The topological polar surface area (TPSA) is 84.4 Å². The molecule has 0 spiro atoms. The Hall–Kier alpha value is -2.19. The van der Waals surface area contributed by atoms with E-state index in [1.54, 1.807) is 24.4 Å². The molecule has 1 aromatic heterocycles. The average molecular weight is 376 g/mol. The van der Waals surface area contributed by atoms with Gasteiger partial charge >= 0.3 is 0 Å². The van der Waals surface area contributed by atoms with Crippen LogP contribution in [-0.2, 0) is 16.6 Å². The Morgan fingerprint density at radius 2 is 1.85 bits per heavy atom. The van der Waals surface area contributed by atoms with E-state index in [0.717, 1.165) is 25.9 Å². The molecule has 8 heteroatoms. The van der Waals surface area contributed by atoms with E-state index in [1.165, 1.54) is 18.6 Å². The summed E-state index contributed by atoms with van der Waals surface area (Å²) >= 11 is 0. The van der Waals surface area contributed by atoms with Crippen LogP contribution in [0.4, 0.5) is 5.95 Å². The Morgan fingerprint density at radius 1 is 1.12 bits per heavy atom. The lowest BCUT2D eigenvalue weighted by molar-refractivity contribution is 0.340. The summed E-state index contributed by atoms with van der Waals surface area (Å²) in [6.07, 6.45) is 5.19. The molecule has 3 rings (SSSR count). The van der Waals surface area contributed by atoms with E-state index < -0.39 is 10.0 Å². The van der Waals surface area contributed by atoms with E-state index in [1.807, 2.05) is 6.92 Å². The van der Waals surface area contributed by atoms with Crippen LogP contribution in [0.2, 0.25) is 0 Å². The monoisotopic (exact) mass is 376 g/mol. The number of ether oxygens (including phenoxy) is 1. The molecular weight excluding hydrogens is 352 g/mol. The molecule has 2 heterocycles. The van der Waals surface area contributed by atoms with Crippen molar-refractivity contribution < 1.29 is 13.2 Å². The molecule has 0 radical (unpaired) electrons. The van der Waals surface area contributed by atoms with E-state index in [4.69, 9.17) is 4.74 Å². The van der Waals surface area contributed by atoms with Crippen molar-refractivity contribution in [3.05, 3.63) is 42.2 Å². The summed E-state index contributed by atoms with van der Waals surface area (Å²) in [6.45, 7) is 4.44. The quantitative estimate of drug-likeness (QED) is 0.798. The maximum atomic E-state index is 12.5. The Kier molecular flexibility index (Phi) is 6.05. The fourth-order valence-corrected chi connectivity index (χ4v) is 3.86. The highest BCUT2D eigenvalue weighted by atomic mass is 32.2. The summed E-state index contributed by atoms with van der Waals surface area (Å²) in [5, 5.41) is 0. The number of rotatable bonds is 7. The SMILES string of the molecule is CCOc1ccc(S(=O)(=O)NCc2ccnc(N3CCCCC3)n2)cc1. The Labute approximate surface area is 154 Å².